The summed E-state index contributed by atoms with van der Waals surface area (Å²) in [5.74, 6) is 0.246. The minimum atomic E-state index is -0.532. The first kappa shape index (κ1) is 18.9. The number of methoxy groups -OCH3 is 1. The highest BCUT2D eigenvalue weighted by Gasteiger charge is 2.24. The van der Waals surface area contributed by atoms with Gasteiger partial charge in [-0.1, -0.05) is 30.3 Å². The maximum Gasteiger partial charge on any atom is 0.140 e. The standard InChI is InChI=1S/C23H25NO3/c1-15(25)19(16(2)26)12-13-20(17-8-10-18(27-3)11-9-17)22-14-24-23-7-5-4-6-21(22)23/h4-11,14,19-20,24H,12-13H2,1-3H3. The van der Waals surface area contributed by atoms with Crippen molar-refractivity contribution in [3.8, 4) is 5.75 Å². The molecule has 1 atom stereocenters. The first-order valence-electron chi connectivity index (χ1n) is 9.22. The fourth-order valence-electron chi connectivity index (χ4n) is 3.75. The van der Waals surface area contributed by atoms with E-state index in [1.807, 2.05) is 30.5 Å². The van der Waals surface area contributed by atoms with Crippen molar-refractivity contribution in [2.45, 2.75) is 32.6 Å². The topological polar surface area (TPSA) is 59.2 Å². The predicted octanol–water partition coefficient (Wildman–Crippen LogP) is 4.88. The quantitative estimate of drug-likeness (QED) is 0.580. The number of fused-ring (bicyclic) bond motifs is 1. The summed E-state index contributed by atoms with van der Waals surface area (Å²) in [6, 6.07) is 16.2. The third-order valence-electron chi connectivity index (χ3n) is 5.24. The monoisotopic (exact) mass is 363 g/mol. The van der Waals surface area contributed by atoms with E-state index in [1.54, 1.807) is 7.11 Å². The Morgan fingerprint density at radius 2 is 1.63 bits per heavy atom. The highest BCUT2D eigenvalue weighted by atomic mass is 16.5. The van der Waals surface area contributed by atoms with Crippen LogP contribution in [0.5, 0.6) is 5.75 Å². The van der Waals surface area contributed by atoms with Gasteiger partial charge in [-0.05, 0) is 56.0 Å². The van der Waals surface area contributed by atoms with Crippen molar-refractivity contribution in [2.24, 2.45) is 5.92 Å². The number of Topliss-reactive ketones (excluding diaryl/α,β-unsaturated/α-hetero) is 2. The number of rotatable bonds is 8. The van der Waals surface area contributed by atoms with Crippen LogP contribution < -0.4 is 4.74 Å². The highest BCUT2D eigenvalue weighted by Crippen LogP contribution is 2.36. The van der Waals surface area contributed by atoms with Gasteiger partial charge in [0.1, 0.15) is 17.3 Å². The Morgan fingerprint density at radius 1 is 0.963 bits per heavy atom. The zero-order valence-electron chi connectivity index (χ0n) is 16.0. The summed E-state index contributed by atoms with van der Waals surface area (Å²) in [6.45, 7) is 3.00. The summed E-state index contributed by atoms with van der Waals surface area (Å²) in [6.07, 6.45) is 3.30. The van der Waals surface area contributed by atoms with E-state index >= 15 is 0 Å². The highest BCUT2D eigenvalue weighted by molar-refractivity contribution is 6.00. The number of ether oxygens (including phenoxy) is 1. The molecule has 1 N–H and O–H groups in total. The number of carbonyl (C=O) groups is 2. The van der Waals surface area contributed by atoms with Crippen LogP contribution in [0.1, 0.15) is 43.7 Å². The molecule has 27 heavy (non-hydrogen) atoms. The largest absolute Gasteiger partial charge is 0.497 e. The molecular formula is C23H25NO3. The van der Waals surface area contributed by atoms with E-state index in [4.69, 9.17) is 4.74 Å². The van der Waals surface area contributed by atoms with Gasteiger partial charge in [0, 0.05) is 23.0 Å². The SMILES string of the molecule is COc1ccc(C(CCC(C(C)=O)C(C)=O)c2c[nH]c3ccccc23)cc1. The Labute approximate surface area is 159 Å². The molecule has 3 rings (SSSR count). The molecule has 0 fully saturated rings. The van der Waals surface area contributed by atoms with Gasteiger partial charge < -0.3 is 9.72 Å². The number of hydrogen-bond acceptors (Lipinski definition) is 3. The van der Waals surface area contributed by atoms with E-state index in [-0.39, 0.29) is 17.5 Å². The first-order chi connectivity index (χ1) is 13.0. The number of nitrogens with one attached hydrogen (secondary N) is 1. The van der Waals surface area contributed by atoms with Crippen molar-refractivity contribution >= 4 is 22.5 Å². The molecule has 1 heterocycles. The fraction of sp³-hybridized carbons (Fsp3) is 0.304. The van der Waals surface area contributed by atoms with E-state index in [0.29, 0.717) is 6.42 Å². The molecule has 2 aromatic carbocycles. The molecule has 4 heteroatoms. The summed E-state index contributed by atoms with van der Waals surface area (Å²) in [7, 11) is 1.65. The van der Waals surface area contributed by atoms with Crippen LogP contribution in [-0.2, 0) is 9.59 Å². The molecule has 1 unspecified atom stereocenters. The summed E-state index contributed by atoms with van der Waals surface area (Å²) in [5.41, 5.74) is 3.41. The Balaban J connectivity index is 1.98. The number of ketones is 2. The van der Waals surface area contributed by atoms with Crippen LogP contribution in [0.15, 0.2) is 54.7 Å². The third-order valence-corrected chi connectivity index (χ3v) is 5.24. The molecule has 1 aromatic heterocycles. The molecule has 140 valence electrons. The molecule has 0 amide bonds. The summed E-state index contributed by atoms with van der Waals surface area (Å²) >= 11 is 0. The van der Waals surface area contributed by atoms with Gasteiger partial charge in [0.2, 0.25) is 0 Å². The number of carbonyl (C=O) groups excluding carboxylic acids is 2. The van der Waals surface area contributed by atoms with E-state index in [9.17, 15) is 9.59 Å². The van der Waals surface area contributed by atoms with Gasteiger partial charge >= 0.3 is 0 Å². The van der Waals surface area contributed by atoms with Gasteiger partial charge in [-0.25, -0.2) is 0 Å². The fourth-order valence-corrected chi connectivity index (χ4v) is 3.75. The van der Waals surface area contributed by atoms with Crippen molar-refractivity contribution in [2.75, 3.05) is 7.11 Å². The van der Waals surface area contributed by atoms with Gasteiger partial charge in [-0.15, -0.1) is 0 Å². The van der Waals surface area contributed by atoms with Crippen LogP contribution in [0.25, 0.3) is 10.9 Å². The second-order valence-corrected chi connectivity index (χ2v) is 6.97. The number of hydrogen-bond donors (Lipinski definition) is 1. The lowest BCUT2D eigenvalue weighted by Crippen LogP contribution is -2.20. The van der Waals surface area contributed by atoms with E-state index in [1.165, 1.54) is 24.8 Å². The number of aromatic amines is 1. The molecular weight excluding hydrogens is 338 g/mol. The molecule has 0 bridgehead atoms. The summed E-state index contributed by atoms with van der Waals surface area (Å²) in [4.78, 5) is 27.1. The Hall–Kier alpha value is -2.88. The molecule has 0 aliphatic carbocycles. The number of para-hydroxylation sites is 1. The number of H-pyrrole nitrogens is 1. The summed E-state index contributed by atoms with van der Waals surface area (Å²) < 4.78 is 5.28. The second kappa shape index (κ2) is 8.21. The summed E-state index contributed by atoms with van der Waals surface area (Å²) in [5, 5.41) is 1.17. The smallest absolute Gasteiger partial charge is 0.140 e. The molecule has 3 aromatic rings. The van der Waals surface area contributed by atoms with Gasteiger partial charge in [0.15, 0.2) is 0 Å². The van der Waals surface area contributed by atoms with Gasteiger partial charge in [0.25, 0.3) is 0 Å². The third kappa shape index (κ3) is 4.11. The van der Waals surface area contributed by atoms with E-state index in [0.717, 1.165) is 23.3 Å². The molecule has 0 saturated carbocycles. The van der Waals surface area contributed by atoms with Gasteiger partial charge in [-0.3, -0.25) is 9.59 Å². The maximum absolute atomic E-state index is 11.9. The first-order valence-corrected chi connectivity index (χ1v) is 9.22. The van der Waals surface area contributed by atoms with Crippen LogP contribution in [-0.4, -0.2) is 23.7 Å². The lowest BCUT2D eigenvalue weighted by atomic mass is 9.83. The zero-order chi connectivity index (χ0) is 19.4. The molecule has 0 aliphatic rings. The Kier molecular flexibility index (Phi) is 5.75. The van der Waals surface area contributed by atoms with Crippen molar-refractivity contribution in [3.63, 3.8) is 0 Å². The van der Waals surface area contributed by atoms with Crippen molar-refractivity contribution in [1.29, 1.82) is 0 Å². The van der Waals surface area contributed by atoms with Crippen LogP contribution in [0.2, 0.25) is 0 Å². The minimum Gasteiger partial charge on any atom is -0.497 e. The van der Waals surface area contributed by atoms with E-state index in [2.05, 4.69) is 29.2 Å². The minimum absolute atomic E-state index is 0.0603. The maximum atomic E-state index is 11.9. The average Bonchev–Trinajstić information content (AvgIpc) is 3.09. The second-order valence-electron chi connectivity index (χ2n) is 6.97. The molecule has 0 radical (unpaired) electrons. The van der Waals surface area contributed by atoms with Crippen molar-refractivity contribution in [1.82, 2.24) is 4.98 Å². The normalized spacial score (nSPS) is 12.3. The van der Waals surface area contributed by atoms with Crippen LogP contribution in [0.4, 0.5) is 0 Å². The van der Waals surface area contributed by atoms with Crippen molar-refractivity contribution in [3.05, 3.63) is 65.9 Å². The van der Waals surface area contributed by atoms with E-state index < -0.39 is 5.92 Å². The molecule has 0 aliphatic heterocycles. The molecule has 0 saturated heterocycles. The zero-order valence-corrected chi connectivity index (χ0v) is 16.0. The predicted molar refractivity (Wildman–Crippen MR) is 107 cm³/mol. The number of aromatic nitrogens is 1. The molecule has 0 spiro atoms. The lowest BCUT2D eigenvalue weighted by molar-refractivity contribution is -0.130. The average molecular weight is 363 g/mol. The Bertz CT molecular complexity index is 926. The van der Waals surface area contributed by atoms with Crippen LogP contribution in [0.3, 0.4) is 0 Å². The number of benzene rings is 2. The van der Waals surface area contributed by atoms with Crippen molar-refractivity contribution < 1.29 is 14.3 Å². The van der Waals surface area contributed by atoms with Gasteiger partial charge in [-0.2, -0.15) is 0 Å². The van der Waals surface area contributed by atoms with Crippen LogP contribution >= 0.6 is 0 Å². The van der Waals surface area contributed by atoms with Gasteiger partial charge in [0.05, 0.1) is 13.0 Å². The Morgan fingerprint density at radius 3 is 2.26 bits per heavy atom. The van der Waals surface area contributed by atoms with Crippen LogP contribution in [0, 0.1) is 5.92 Å². The molecule has 4 nitrogen and oxygen atoms in total. The lowest BCUT2D eigenvalue weighted by Gasteiger charge is -2.20.